The second-order valence-corrected chi connectivity index (χ2v) is 7.00. The molecule has 0 aliphatic rings. The number of amides is 1. The Morgan fingerprint density at radius 2 is 1.72 bits per heavy atom. The molecule has 9 heteroatoms. The van der Waals surface area contributed by atoms with Crippen molar-refractivity contribution in [1.82, 2.24) is 15.3 Å². The number of rotatable bonds is 11. The second-order valence-electron chi connectivity index (χ2n) is 7.00. The maximum Gasteiger partial charge on any atom is 0.232 e. The van der Waals surface area contributed by atoms with E-state index in [1.807, 2.05) is 24.3 Å². The number of phenols is 1. The first-order valence-electron chi connectivity index (χ1n) is 10.0. The molecular formula is C23H27ClN4O4. The Hall–Kier alpha value is -3.20. The van der Waals surface area contributed by atoms with Crippen LogP contribution in [0.5, 0.6) is 11.5 Å². The van der Waals surface area contributed by atoms with Crippen LogP contribution < -0.4 is 15.4 Å². The fourth-order valence-electron chi connectivity index (χ4n) is 2.82. The number of aliphatic hydroxyl groups is 1. The van der Waals surface area contributed by atoms with Crippen molar-refractivity contribution < 1.29 is 19.7 Å². The summed E-state index contributed by atoms with van der Waals surface area (Å²) < 4.78 is 5.48. The van der Waals surface area contributed by atoms with Crippen LogP contribution in [0.4, 0.5) is 5.69 Å². The van der Waals surface area contributed by atoms with Gasteiger partial charge in [-0.15, -0.1) is 12.4 Å². The molecule has 8 nitrogen and oxygen atoms in total. The van der Waals surface area contributed by atoms with Crippen molar-refractivity contribution in [2.24, 2.45) is 0 Å². The summed E-state index contributed by atoms with van der Waals surface area (Å²) in [6.07, 6.45) is 3.50. The summed E-state index contributed by atoms with van der Waals surface area (Å²) >= 11 is 0. The van der Waals surface area contributed by atoms with Gasteiger partial charge in [0.1, 0.15) is 30.0 Å². The summed E-state index contributed by atoms with van der Waals surface area (Å²) in [6.45, 7) is 1.28. The lowest BCUT2D eigenvalue weighted by atomic mass is 10.1. The molecule has 0 saturated heterocycles. The number of hydrogen-bond acceptors (Lipinski definition) is 7. The highest BCUT2D eigenvalue weighted by Crippen LogP contribution is 2.16. The Kier molecular flexibility index (Phi) is 10.4. The molecule has 0 radical (unpaired) electrons. The zero-order valence-corrected chi connectivity index (χ0v) is 18.3. The van der Waals surface area contributed by atoms with Crippen molar-refractivity contribution in [2.45, 2.75) is 18.9 Å². The van der Waals surface area contributed by atoms with Gasteiger partial charge in [0.25, 0.3) is 0 Å². The molecule has 1 heterocycles. The Morgan fingerprint density at radius 1 is 1.03 bits per heavy atom. The second kappa shape index (κ2) is 13.3. The van der Waals surface area contributed by atoms with E-state index in [0.29, 0.717) is 24.7 Å². The number of nitrogens with zero attached hydrogens (tertiary/aromatic N) is 2. The minimum atomic E-state index is -0.639. The van der Waals surface area contributed by atoms with Gasteiger partial charge < -0.3 is 25.6 Å². The third kappa shape index (κ3) is 8.89. The van der Waals surface area contributed by atoms with Gasteiger partial charge in [0.15, 0.2) is 0 Å². The standard InChI is InChI=1S/C23H26N4O4.ClH/c28-19-6-8-21(9-7-19)31-16-20(29)15-24-13-10-17-2-4-18(5-3-17)27-23(30)14-22-25-11-1-12-26-22;/h1-9,11-12,20,24,28-29H,10,13-16H2,(H,27,30);1H/t20-;/m0./s1. The molecule has 0 saturated carbocycles. The number of halogens is 1. The molecule has 1 atom stereocenters. The van der Waals surface area contributed by atoms with Crippen LogP contribution in [0, 0.1) is 0 Å². The molecule has 0 bridgehead atoms. The largest absolute Gasteiger partial charge is 0.508 e. The molecule has 0 aliphatic carbocycles. The van der Waals surface area contributed by atoms with E-state index >= 15 is 0 Å². The summed E-state index contributed by atoms with van der Waals surface area (Å²) in [5.41, 5.74) is 1.84. The van der Waals surface area contributed by atoms with Crippen molar-refractivity contribution in [2.75, 3.05) is 25.0 Å². The van der Waals surface area contributed by atoms with E-state index in [0.717, 1.165) is 17.7 Å². The summed E-state index contributed by atoms with van der Waals surface area (Å²) in [7, 11) is 0. The van der Waals surface area contributed by atoms with E-state index in [1.54, 1.807) is 30.6 Å². The van der Waals surface area contributed by atoms with Crippen LogP contribution in [0.1, 0.15) is 11.4 Å². The molecule has 4 N–H and O–H groups in total. The number of benzene rings is 2. The molecule has 1 amide bonds. The first-order chi connectivity index (χ1) is 15.1. The van der Waals surface area contributed by atoms with Crippen LogP contribution in [0.3, 0.4) is 0 Å². The van der Waals surface area contributed by atoms with E-state index in [2.05, 4.69) is 20.6 Å². The van der Waals surface area contributed by atoms with Gasteiger partial charge in [0.05, 0.1) is 6.42 Å². The smallest absolute Gasteiger partial charge is 0.232 e. The van der Waals surface area contributed by atoms with E-state index in [-0.39, 0.29) is 37.1 Å². The number of aromatic hydroxyl groups is 1. The predicted octanol–water partition coefficient (Wildman–Crippen LogP) is 2.36. The first-order valence-corrected chi connectivity index (χ1v) is 10.0. The molecule has 3 rings (SSSR count). The molecule has 0 aliphatic heterocycles. The SMILES string of the molecule is Cl.O=C(Cc1ncccn1)Nc1ccc(CCNC[C@H](O)COc2ccc(O)cc2)cc1. The lowest BCUT2D eigenvalue weighted by Crippen LogP contribution is -2.32. The lowest BCUT2D eigenvalue weighted by molar-refractivity contribution is -0.115. The topological polar surface area (TPSA) is 117 Å². The molecule has 3 aromatic rings. The number of nitrogens with one attached hydrogen (secondary N) is 2. The van der Waals surface area contributed by atoms with E-state index in [9.17, 15) is 15.0 Å². The van der Waals surface area contributed by atoms with Crippen molar-refractivity contribution >= 4 is 24.0 Å². The van der Waals surface area contributed by atoms with Gasteiger partial charge in [-0.2, -0.15) is 0 Å². The van der Waals surface area contributed by atoms with Gasteiger partial charge in [-0.3, -0.25) is 4.79 Å². The summed E-state index contributed by atoms with van der Waals surface area (Å²) in [4.78, 5) is 20.1. The normalized spacial score (nSPS) is 11.3. The van der Waals surface area contributed by atoms with E-state index in [1.165, 1.54) is 12.1 Å². The minimum Gasteiger partial charge on any atom is -0.508 e. The van der Waals surface area contributed by atoms with Crippen LogP contribution in [-0.4, -0.2) is 51.9 Å². The number of ether oxygens (including phenoxy) is 1. The summed E-state index contributed by atoms with van der Waals surface area (Å²) in [6, 6.07) is 15.7. The quantitative estimate of drug-likeness (QED) is 0.326. The fraction of sp³-hybridized carbons (Fsp3) is 0.261. The van der Waals surface area contributed by atoms with E-state index in [4.69, 9.17) is 4.74 Å². The number of phenolic OH excluding ortho intramolecular Hbond substituents is 1. The highest BCUT2D eigenvalue weighted by Gasteiger charge is 2.07. The summed E-state index contributed by atoms with van der Waals surface area (Å²) in [5, 5.41) is 25.3. The van der Waals surface area contributed by atoms with Crippen molar-refractivity contribution in [3.63, 3.8) is 0 Å². The van der Waals surface area contributed by atoms with Gasteiger partial charge >= 0.3 is 0 Å². The maximum absolute atomic E-state index is 12.1. The third-order valence-corrected chi connectivity index (χ3v) is 4.43. The predicted molar refractivity (Wildman–Crippen MR) is 124 cm³/mol. The zero-order chi connectivity index (χ0) is 21.9. The Morgan fingerprint density at radius 3 is 2.41 bits per heavy atom. The molecule has 0 fully saturated rings. The van der Waals surface area contributed by atoms with Gasteiger partial charge in [-0.05, 0) is 61.0 Å². The molecule has 2 aromatic carbocycles. The Bertz CT molecular complexity index is 940. The highest BCUT2D eigenvalue weighted by molar-refractivity contribution is 5.91. The Balaban J connectivity index is 0.00000363. The molecule has 0 unspecified atom stereocenters. The van der Waals surface area contributed by atoms with E-state index < -0.39 is 6.10 Å². The number of carbonyl (C=O) groups excluding carboxylic acids is 1. The van der Waals surface area contributed by atoms with Gasteiger partial charge in [-0.25, -0.2) is 9.97 Å². The zero-order valence-electron chi connectivity index (χ0n) is 17.5. The van der Waals surface area contributed by atoms with Crippen LogP contribution in [-0.2, 0) is 17.6 Å². The van der Waals surface area contributed by atoms with Crippen molar-refractivity contribution in [1.29, 1.82) is 0 Å². The van der Waals surface area contributed by atoms with Gasteiger partial charge in [0.2, 0.25) is 5.91 Å². The minimum absolute atomic E-state index is 0. The number of aromatic nitrogens is 2. The molecule has 1 aromatic heterocycles. The fourth-order valence-corrected chi connectivity index (χ4v) is 2.82. The van der Waals surface area contributed by atoms with Crippen LogP contribution in [0.15, 0.2) is 67.0 Å². The lowest BCUT2D eigenvalue weighted by Gasteiger charge is -2.13. The highest BCUT2D eigenvalue weighted by atomic mass is 35.5. The summed E-state index contributed by atoms with van der Waals surface area (Å²) in [5.74, 6) is 1.09. The first kappa shape index (κ1) is 25.1. The van der Waals surface area contributed by atoms with Crippen molar-refractivity contribution in [3.8, 4) is 11.5 Å². The third-order valence-electron chi connectivity index (χ3n) is 4.43. The number of hydrogen-bond donors (Lipinski definition) is 4. The molecule has 32 heavy (non-hydrogen) atoms. The van der Waals surface area contributed by atoms with Gasteiger partial charge in [0, 0.05) is 24.6 Å². The average molecular weight is 459 g/mol. The maximum atomic E-state index is 12.1. The van der Waals surface area contributed by atoms with Crippen LogP contribution in [0.25, 0.3) is 0 Å². The molecule has 170 valence electrons. The van der Waals surface area contributed by atoms with Gasteiger partial charge in [-0.1, -0.05) is 12.1 Å². The Labute approximate surface area is 193 Å². The monoisotopic (exact) mass is 458 g/mol. The van der Waals surface area contributed by atoms with Crippen LogP contribution >= 0.6 is 12.4 Å². The average Bonchev–Trinajstić information content (AvgIpc) is 2.78. The molecular weight excluding hydrogens is 432 g/mol. The number of carbonyl (C=O) groups is 1. The van der Waals surface area contributed by atoms with Crippen LogP contribution in [0.2, 0.25) is 0 Å². The van der Waals surface area contributed by atoms with Crippen molar-refractivity contribution in [3.05, 3.63) is 78.4 Å². The number of aliphatic hydroxyl groups excluding tert-OH is 1. The number of anilines is 1. The molecule has 0 spiro atoms.